The fourth-order valence-electron chi connectivity index (χ4n) is 2.59. The van der Waals surface area contributed by atoms with Crippen molar-refractivity contribution in [2.75, 3.05) is 0 Å². The highest BCUT2D eigenvalue weighted by Gasteiger charge is 2.28. The predicted molar refractivity (Wildman–Crippen MR) is 71.1 cm³/mol. The Hall–Kier alpha value is -1.58. The van der Waals surface area contributed by atoms with Gasteiger partial charge in [-0.2, -0.15) is 0 Å². The molecule has 2 amide bonds. The molecule has 0 saturated carbocycles. The lowest BCUT2D eigenvalue weighted by Crippen LogP contribution is -2.51. The summed E-state index contributed by atoms with van der Waals surface area (Å²) in [5.41, 5.74) is 1.03. The second-order valence-electron chi connectivity index (χ2n) is 5.06. The van der Waals surface area contributed by atoms with Crippen LogP contribution >= 0.6 is 0 Å². The Morgan fingerprint density at radius 2 is 2.17 bits per heavy atom. The lowest BCUT2D eigenvalue weighted by atomic mass is 9.98. The van der Waals surface area contributed by atoms with Gasteiger partial charge in [-0.25, -0.2) is 4.79 Å². The van der Waals surface area contributed by atoms with Crippen LogP contribution in [0.4, 0.5) is 4.79 Å². The first-order valence-corrected chi connectivity index (χ1v) is 6.63. The quantitative estimate of drug-likeness (QED) is 0.873. The van der Waals surface area contributed by atoms with Crippen molar-refractivity contribution in [2.24, 2.45) is 0 Å². The first-order valence-electron chi connectivity index (χ1n) is 6.63. The third-order valence-corrected chi connectivity index (χ3v) is 3.59. The summed E-state index contributed by atoms with van der Waals surface area (Å²) in [6.45, 7) is 4.79. The molecule has 1 N–H and O–H groups in total. The second kappa shape index (κ2) is 5.85. The van der Waals surface area contributed by atoms with Crippen molar-refractivity contribution in [3.63, 3.8) is 0 Å². The Kier molecular flexibility index (Phi) is 4.18. The largest absolute Gasteiger partial charge is 0.334 e. The van der Waals surface area contributed by atoms with Gasteiger partial charge in [0.15, 0.2) is 0 Å². The summed E-state index contributed by atoms with van der Waals surface area (Å²) in [4.78, 5) is 18.2. The second-order valence-corrected chi connectivity index (χ2v) is 5.06. The minimum atomic E-state index is 0.0403. The maximum absolute atomic E-state index is 12.2. The first-order chi connectivity index (χ1) is 8.68. The summed E-state index contributed by atoms with van der Waals surface area (Å²) >= 11 is 0. The lowest BCUT2D eigenvalue weighted by molar-refractivity contribution is 0.123. The number of likely N-dealkylation sites (tertiary alicyclic amines) is 1. The number of hydrogen-bond donors (Lipinski definition) is 1. The lowest BCUT2D eigenvalue weighted by Gasteiger charge is -2.38. The standard InChI is InChI=1S/C14H21N3O/c1-11-5-3-6-12(2)17(11)14(18)16-10-13-7-4-8-15-9-13/h4,7-9,11-12H,3,5-6,10H2,1-2H3,(H,16,18). The summed E-state index contributed by atoms with van der Waals surface area (Å²) in [5, 5.41) is 2.98. The molecule has 18 heavy (non-hydrogen) atoms. The normalized spacial score (nSPS) is 23.8. The third kappa shape index (κ3) is 3.00. The number of nitrogens with one attached hydrogen (secondary N) is 1. The van der Waals surface area contributed by atoms with Crippen molar-refractivity contribution >= 4 is 6.03 Å². The number of hydrogen-bond acceptors (Lipinski definition) is 2. The molecule has 0 aromatic carbocycles. The van der Waals surface area contributed by atoms with Crippen LogP contribution in [0.1, 0.15) is 38.7 Å². The van der Waals surface area contributed by atoms with Crippen molar-refractivity contribution < 1.29 is 4.79 Å². The molecule has 1 saturated heterocycles. The van der Waals surface area contributed by atoms with Crippen LogP contribution < -0.4 is 5.32 Å². The fourth-order valence-corrected chi connectivity index (χ4v) is 2.59. The number of carbonyl (C=O) groups is 1. The summed E-state index contributed by atoms with van der Waals surface area (Å²) < 4.78 is 0. The number of nitrogens with zero attached hydrogens (tertiary/aromatic N) is 2. The van der Waals surface area contributed by atoms with Crippen molar-refractivity contribution in [1.82, 2.24) is 15.2 Å². The molecule has 0 spiro atoms. The fraction of sp³-hybridized carbons (Fsp3) is 0.571. The molecule has 2 atom stereocenters. The number of rotatable bonds is 2. The van der Waals surface area contributed by atoms with Gasteiger partial charge in [0, 0.05) is 31.0 Å². The number of urea groups is 1. The van der Waals surface area contributed by atoms with Gasteiger partial charge in [-0.05, 0) is 44.7 Å². The Bertz CT molecular complexity index is 383. The Morgan fingerprint density at radius 3 is 2.78 bits per heavy atom. The maximum Gasteiger partial charge on any atom is 0.318 e. The van der Waals surface area contributed by atoms with Gasteiger partial charge in [0.25, 0.3) is 0 Å². The van der Waals surface area contributed by atoms with E-state index in [0.29, 0.717) is 18.6 Å². The Morgan fingerprint density at radius 1 is 1.44 bits per heavy atom. The van der Waals surface area contributed by atoms with Gasteiger partial charge in [0.2, 0.25) is 0 Å². The van der Waals surface area contributed by atoms with Crippen molar-refractivity contribution in [2.45, 2.75) is 51.7 Å². The van der Waals surface area contributed by atoms with Crippen LogP contribution in [-0.2, 0) is 6.54 Å². The van der Waals surface area contributed by atoms with E-state index < -0.39 is 0 Å². The number of piperidine rings is 1. The predicted octanol–water partition coefficient (Wildman–Crippen LogP) is 2.55. The maximum atomic E-state index is 12.2. The molecule has 1 aromatic rings. The van der Waals surface area contributed by atoms with Crippen molar-refractivity contribution in [1.29, 1.82) is 0 Å². The monoisotopic (exact) mass is 247 g/mol. The highest BCUT2D eigenvalue weighted by molar-refractivity contribution is 5.75. The van der Waals surface area contributed by atoms with Crippen LogP contribution in [0, 0.1) is 0 Å². The van der Waals surface area contributed by atoms with Crippen LogP contribution in [0.5, 0.6) is 0 Å². The van der Waals surface area contributed by atoms with E-state index in [2.05, 4.69) is 24.1 Å². The van der Waals surface area contributed by atoms with Crippen molar-refractivity contribution in [3.05, 3.63) is 30.1 Å². The average Bonchev–Trinajstić information content (AvgIpc) is 2.37. The van der Waals surface area contributed by atoms with E-state index >= 15 is 0 Å². The van der Waals surface area contributed by atoms with Gasteiger partial charge in [0.1, 0.15) is 0 Å². The van der Waals surface area contributed by atoms with Gasteiger partial charge in [-0.1, -0.05) is 6.07 Å². The van der Waals surface area contributed by atoms with E-state index in [9.17, 15) is 4.79 Å². The van der Waals surface area contributed by atoms with Crippen LogP contribution in [-0.4, -0.2) is 28.0 Å². The molecule has 0 aliphatic carbocycles. The van der Waals surface area contributed by atoms with Crippen LogP contribution in [0.25, 0.3) is 0 Å². The zero-order valence-electron chi connectivity index (χ0n) is 11.1. The minimum absolute atomic E-state index is 0.0403. The van der Waals surface area contributed by atoms with Gasteiger partial charge in [0.05, 0.1) is 0 Å². The van der Waals surface area contributed by atoms with Crippen LogP contribution in [0.15, 0.2) is 24.5 Å². The summed E-state index contributed by atoms with van der Waals surface area (Å²) in [6, 6.07) is 4.56. The molecule has 2 unspecified atom stereocenters. The van der Waals surface area contributed by atoms with E-state index in [4.69, 9.17) is 0 Å². The van der Waals surface area contributed by atoms with Gasteiger partial charge in [-0.3, -0.25) is 4.98 Å². The van der Waals surface area contributed by atoms with Gasteiger partial charge >= 0.3 is 6.03 Å². The molecule has 1 aliphatic heterocycles. The molecule has 4 nitrogen and oxygen atoms in total. The summed E-state index contributed by atoms with van der Waals surface area (Å²) in [5.74, 6) is 0. The molecule has 0 radical (unpaired) electrons. The number of carbonyl (C=O) groups excluding carboxylic acids is 1. The van der Waals surface area contributed by atoms with E-state index in [1.807, 2.05) is 17.0 Å². The molecule has 1 aromatic heterocycles. The summed E-state index contributed by atoms with van der Waals surface area (Å²) in [7, 11) is 0. The molecule has 2 rings (SSSR count). The highest BCUT2D eigenvalue weighted by Crippen LogP contribution is 2.22. The average molecular weight is 247 g/mol. The molecule has 2 heterocycles. The zero-order chi connectivity index (χ0) is 13.0. The van der Waals surface area contributed by atoms with Gasteiger partial charge < -0.3 is 10.2 Å². The molecular formula is C14H21N3O. The number of aromatic nitrogens is 1. The van der Waals surface area contributed by atoms with Crippen LogP contribution in [0.3, 0.4) is 0 Å². The highest BCUT2D eigenvalue weighted by atomic mass is 16.2. The molecule has 98 valence electrons. The third-order valence-electron chi connectivity index (χ3n) is 3.59. The smallest absolute Gasteiger partial charge is 0.318 e. The molecule has 0 bridgehead atoms. The molecular weight excluding hydrogens is 226 g/mol. The SMILES string of the molecule is CC1CCCC(C)N1C(=O)NCc1cccnc1. The molecule has 1 fully saturated rings. The number of pyridine rings is 1. The number of amides is 2. The van der Waals surface area contributed by atoms with Gasteiger partial charge in [-0.15, -0.1) is 0 Å². The van der Waals surface area contributed by atoms with Crippen molar-refractivity contribution in [3.8, 4) is 0 Å². The molecule has 1 aliphatic rings. The Labute approximate surface area is 108 Å². The summed E-state index contributed by atoms with van der Waals surface area (Å²) in [6.07, 6.45) is 6.94. The van der Waals surface area contributed by atoms with E-state index in [1.54, 1.807) is 12.4 Å². The van der Waals surface area contributed by atoms with E-state index in [1.165, 1.54) is 6.42 Å². The molecule has 4 heteroatoms. The Balaban J connectivity index is 1.91. The zero-order valence-corrected chi connectivity index (χ0v) is 11.1. The minimum Gasteiger partial charge on any atom is -0.334 e. The van der Waals surface area contributed by atoms with Crippen LogP contribution in [0.2, 0.25) is 0 Å². The first kappa shape index (κ1) is 12.9. The topological polar surface area (TPSA) is 45.2 Å². The van der Waals surface area contributed by atoms with E-state index in [-0.39, 0.29) is 6.03 Å². The van der Waals surface area contributed by atoms with E-state index in [0.717, 1.165) is 18.4 Å².